The largest absolute Gasteiger partial charge is 0.256 e. The van der Waals surface area contributed by atoms with E-state index in [1.807, 2.05) is 0 Å². The van der Waals surface area contributed by atoms with Crippen LogP contribution in [0.5, 0.6) is 0 Å². The molecule has 0 fully saturated rings. The molecule has 2 heteroatoms. The SMILES string of the molecule is CCCCCCCCCCCCCCCc1n(C(C)C)cc[n+]1CCCCCCCC. The molecular weight excluding hydrogens is 376 g/mol. The third kappa shape index (κ3) is 14.1. The van der Waals surface area contributed by atoms with E-state index >= 15 is 0 Å². The first-order valence-corrected chi connectivity index (χ1v) is 14.3. The minimum atomic E-state index is 0.572. The third-order valence-corrected chi connectivity index (χ3v) is 6.85. The smallest absolute Gasteiger partial charge is 0.234 e. The van der Waals surface area contributed by atoms with Gasteiger partial charge in [0.25, 0.3) is 5.82 Å². The molecule has 2 nitrogen and oxygen atoms in total. The number of nitrogens with zero attached hydrogens (tertiary/aromatic N) is 2. The zero-order chi connectivity index (χ0) is 22.6. The molecule has 0 aliphatic heterocycles. The molecule has 0 aliphatic rings. The summed E-state index contributed by atoms with van der Waals surface area (Å²) in [6, 6.07) is 0.572. The van der Waals surface area contributed by atoms with Gasteiger partial charge in [0.2, 0.25) is 0 Å². The first-order valence-electron chi connectivity index (χ1n) is 14.3. The summed E-state index contributed by atoms with van der Waals surface area (Å²) in [5, 5.41) is 0. The molecule has 1 heterocycles. The second-order valence-corrected chi connectivity index (χ2v) is 10.2. The molecule has 182 valence electrons. The van der Waals surface area contributed by atoms with Crippen molar-refractivity contribution in [2.45, 2.75) is 169 Å². The number of unbranched alkanes of at least 4 members (excludes halogenated alkanes) is 17. The van der Waals surface area contributed by atoms with Gasteiger partial charge in [-0.25, -0.2) is 9.13 Å². The lowest BCUT2D eigenvalue weighted by atomic mass is 10.0. The summed E-state index contributed by atoms with van der Waals surface area (Å²) in [6.45, 7) is 10.5. The molecule has 0 amide bonds. The van der Waals surface area contributed by atoms with Crippen molar-refractivity contribution in [2.24, 2.45) is 0 Å². The lowest BCUT2D eigenvalue weighted by Gasteiger charge is -2.08. The van der Waals surface area contributed by atoms with Crippen LogP contribution < -0.4 is 4.57 Å². The van der Waals surface area contributed by atoms with Crippen LogP contribution in [0.2, 0.25) is 0 Å². The summed E-state index contributed by atoms with van der Waals surface area (Å²) in [4.78, 5) is 0. The van der Waals surface area contributed by atoms with Crippen molar-refractivity contribution < 1.29 is 4.57 Å². The Hall–Kier alpha value is -0.790. The van der Waals surface area contributed by atoms with Crippen LogP contribution in [0, 0.1) is 0 Å². The van der Waals surface area contributed by atoms with Gasteiger partial charge in [-0.05, 0) is 33.1 Å². The van der Waals surface area contributed by atoms with Crippen molar-refractivity contribution in [3.05, 3.63) is 18.2 Å². The number of hydrogen-bond acceptors (Lipinski definition) is 0. The van der Waals surface area contributed by atoms with Gasteiger partial charge in [-0.1, -0.05) is 117 Å². The quantitative estimate of drug-likeness (QED) is 0.127. The van der Waals surface area contributed by atoms with Crippen molar-refractivity contribution in [3.63, 3.8) is 0 Å². The van der Waals surface area contributed by atoms with Crippen LogP contribution in [0.3, 0.4) is 0 Å². The minimum absolute atomic E-state index is 0.572. The molecule has 1 rings (SSSR count). The second kappa shape index (κ2) is 19.9. The Morgan fingerprint density at radius 1 is 0.613 bits per heavy atom. The fourth-order valence-corrected chi connectivity index (χ4v) is 4.78. The maximum Gasteiger partial charge on any atom is 0.256 e. The maximum atomic E-state index is 2.56. The molecule has 1 aromatic rings. The van der Waals surface area contributed by atoms with E-state index in [2.05, 4.69) is 49.2 Å². The zero-order valence-electron chi connectivity index (χ0n) is 22.0. The lowest BCUT2D eigenvalue weighted by molar-refractivity contribution is -0.704. The van der Waals surface area contributed by atoms with Crippen LogP contribution >= 0.6 is 0 Å². The van der Waals surface area contributed by atoms with Gasteiger partial charge >= 0.3 is 0 Å². The van der Waals surface area contributed by atoms with Crippen LogP contribution in [-0.4, -0.2) is 4.57 Å². The van der Waals surface area contributed by atoms with Crippen LogP contribution in [0.4, 0.5) is 0 Å². The summed E-state index contributed by atoms with van der Waals surface area (Å²) in [5.74, 6) is 1.56. The van der Waals surface area contributed by atoms with Gasteiger partial charge in [0.05, 0.1) is 12.6 Å². The topological polar surface area (TPSA) is 8.81 Å². The Morgan fingerprint density at radius 3 is 1.48 bits per heavy atom. The van der Waals surface area contributed by atoms with Crippen LogP contribution in [0.1, 0.15) is 162 Å². The maximum absolute atomic E-state index is 2.56. The summed E-state index contributed by atoms with van der Waals surface area (Å²) in [6.07, 6.45) is 32.8. The van der Waals surface area contributed by atoms with Crippen molar-refractivity contribution in [1.82, 2.24) is 4.57 Å². The van der Waals surface area contributed by atoms with Crippen LogP contribution in [0.25, 0.3) is 0 Å². The number of imidazole rings is 1. The molecule has 0 atom stereocenters. The van der Waals surface area contributed by atoms with E-state index in [0.717, 1.165) is 0 Å². The molecule has 0 radical (unpaired) electrons. The molecule has 0 unspecified atom stereocenters. The molecule has 0 bridgehead atoms. The second-order valence-electron chi connectivity index (χ2n) is 10.2. The highest BCUT2D eigenvalue weighted by Gasteiger charge is 2.18. The molecular formula is C29H57N2+. The van der Waals surface area contributed by atoms with E-state index in [9.17, 15) is 0 Å². The highest BCUT2D eigenvalue weighted by molar-refractivity contribution is 4.86. The zero-order valence-corrected chi connectivity index (χ0v) is 22.0. The monoisotopic (exact) mass is 433 g/mol. The number of aryl methyl sites for hydroxylation is 1. The molecule has 1 aromatic heterocycles. The molecule has 0 saturated carbocycles. The third-order valence-electron chi connectivity index (χ3n) is 6.85. The average molecular weight is 434 g/mol. The van der Waals surface area contributed by atoms with Crippen molar-refractivity contribution in [2.75, 3.05) is 0 Å². The number of aromatic nitrogens is 2. The van der Waals surface area contributed by atoms with E-state index in [4.69, 9.17) is 0 Å². The minimum Gasteiger partial charge on any atom is -0.234 e. The summed E-state index contributed by atoms with van der Waals surface area (Å²) >= 11 is 0. The highest BCUT2D eigenvalue weighted by atomic mass is 15.2. The van der Waals surface area contributed by atoms with Crippen molar-refractivity contribution in [3.8, 4) is 0 Å². The fourth-order valence-electron chi connectivity index (χ4n) is 4.78. The molecule has 0 aliphatic carbocycles. The lowest BCUT2D eigenvalue weighted by Crippen LogP contribution is -2.37. The van der Waals surface area contributed by atoms with Crippen molar-refractivity contribution in [1.29, 1.82) is 0 Å². The molecule has 0 spiro atoms. The molecule has 31 heavy (non-hydrogen) atoms. The van der Waals surface area contributed by atoms with Gasteiger partial charge in [-0.3, -0.25) is 0 Å². The summed E-state index contributed by atoms with van der Waals surface area (Å²) < 4.78 is 5.07. The number of rotatable bonds is 22. The Bertz CT molecular complexity index is 503. The standard InChI is InChI=1S/C29H57N2/c1-5-7-9-11-13-14-15-16-17-18-19-20-22-24-29-30(26-27-31(29)28(3)4)25-23-21-12-10-8-6-2/h26-28H,5-25H2,1-4H3/q+1. The van der Waals surface area contributed by atoms with Gasteiger partial charge in [0.15, 0.2) is 0 Å². The predicted molar refractivity (Wildman–Crippen MR) is 138 cm³/mol. The van der Waals surface area contributed by atoms with Gasteiger partial charge in [-0.15, -0.1) is 0 Å². The Morgan fingerprint density at radius 2 is 1.03 bits per heavy atom. The molecule has 0 aromatic carbocycles. The first-order chi connectivity index (χ1) is 15.2. The van der Waals surface area contributed by atoms with Gasteiger partial charge in [0.1, 0.15) is 12.4 Å². The number of hydrogen-bond donors (Lipinski definition) is 0. The van der Waals surface area contributed by atoms with Crippen molar-refractivity contribution >= 4 is 0 Å². The van der Waals surface area contributed by atoms with Gasteiger partial charge in [-0.2, -0.15) is 0 Å². The predicted octanol–water partition coefficient (Wildman–Crippen LogP) is 9.35. The average Bonchev–Trinajstić information content (AvgIpc) is 3.17. The van der Waals surface area contributed by atoms with Gasteiger partial charge < -0.3 is 0 Å². The Labute approximate surface area is 196 Å². The van der Waals surface area contributed by atoms with Crippen LogP contribution in [0.15, 0.2) is 12.4 Å². The van der Waals surface area contributed by atoms with Gasteiger partial charge in [0, 0.05) is 6.42 Å². The van der Waals surface area contributed by atoms with E-state index in [1.54, 1.807) is 5.82 Å². The Balaban J connectivity index is 2.14. The van der Waals surface area contributed by atoms with E-state index in [-0.39, 0.29) is 0 Å². The highest BCUT2D eigenvalue weighted by Crippen LogP contribution is 2.15. The normalized spacial score (nSPS) is 11.6. The van der Waals surface area contributed by atoms with E-state index < -0.39 is 0 Å². The fraction of sp³-hybridized carbons (Fsp3) is 0.897. The Kier molecular flexibility index (Phi) is 18.1. The van der Waals surface area contributed by atoms with E-state index in [1.165, 1.54) is 135 Å². The summed E-state index contributed by atoms with van der Waals surface area (Å²) in [7, 11) is 0. The van der Waals surface area contributed by atoms with E-state index in [0.29, 0.717) is 6.04 Å². The van der Waals surface area contributed by atoms with Crippen LogP contribution in [-0.2, 0) is 13.0 Å². The molecule has 0 N–H and O–H groups in total. The molecule has 0 saturated heterocycles. The first kappa shape index (κ1) is 28.2. The summed E-state index contributed by atoms with van der Waals surface area (Å²) in [5.41, 5.74) is 0.